The van der Waals surface area contributed by atoms with Gasteiger partial charge < -0.3 is 15.0 Å². The van der Waals surface area contributed by atoms with Crippen molar-refractivity contribution in [2.24, 2.45) is 23.2 Å². The van der Waals surface area contributed by atoms with Crippen LogP contribution in [0.4, 0.5) is 0 Å². The Kier molecular flexibility index (Phi) is 5.65. The van der Waals surface area contributed by atoms with E-state index in [1.165, 1.54) is 19.3 Å². The van der Waals surface area contributed by atoms with Crippen molar-refractivity contribution in [2.75, 3.05) is 26.2 Å². The van der Waals surface area contributed by atoms with Crippen LogP contribution < -0.4 is 5.32 Å². The van der Waals surface area contributed by atoms with Crippen molar-refractivity contribution in [3.05, 3.63) is 34.3 Å². The van der Waals surface area contributed by atoms with E-state index >= 15 is 0 Å². The molecular formula is C24H31BrN2O3. The number of nitrogens with one attached hydrogen (secondary N) is 1. The molecule has 5 nitrogen and oxygen atoms in total. The van der Waals surface area contributed by atoms with Gasteiger partial charge in [-0.2, -0.15) is 0 Å². The van der Waals surface area contributed by atoms with Crippen LogP contribution in [0, 0.1) is 23.2 Å². The molecule has 4 aliphatic carbocycles. The van der Waals surface area contributed by atoms with Crippen molar-refractivity contribution in [2.45, 2.75) is 51.0 Å². The van der Waals surface area contributed by atoms with E-state index in [1.54, 1.807) is 0 Å². The quantitative estimate of drug-likeness (QED) is 0.699. The van der Waals surface area contributed by atoms with Crippen LogP contribution in [0.1, 0.15) is 56.6 Å². The van der Waals surface area contributed by atoms with Gasteiger partial charge in [0.25, 0.3) is 0 Å². The molecule has 30 heavy (non-hydrogen) atoms. The average molecular weight is 475 g/mol. The van der Waals surface area contributed by atoms with E-state index in [4.69, 9.17) is 4.74 Å². The van der Waals surface area contributed by atoms with Crippen LogP contribution >= 0.6 is 15.9 Å². The summed E-state index contributed by atoms with van der Waals surface area (Å²) in [6.07, 6.45) is 7.48. The zero-order chi connectivity index (χ0) is 20.7. The maximum atomic E-state index is 13.1. The fraction of sp³-hybridized carbons (Fsp3) is 0.667. The van der Waals surface area contributed by atoms with Crippen LogP contribution in [0.25, 0.3) is 0 Å². The molecule has 1 saturated heterocycles. The molecule has 5 fully saturated rings. The van der Waals surface area contributed by atoms with E-state index in [0.29, 0.717) is 32.7 Å². The van der Waals surface area contributed by atoms with Crippen LogP contribution in [0.2, 0.25) is 0 Å². The first-order valence-corrected chi connectivity index (χ1v) is 12.2. The van der Waals surface area contributed by atoms with Gasteiger partial charge in [-0.25, -0.2) is 0 Å². The lowest BCUT2D eigenvalue weighted by Gasteiger charge is -2.55. The molecule has 0 radical (unpaired) electrons. The van der Waals surface area contributed by atoms with E-state index in [9.17, 15) is 9.59 Å². The molecule has 1 aromatic carbocycles. The second-order valence-corrected chi connectivity index (χ2v) is 10.9. The summed E-state index contributed by atoms with van der Waals surface area (Å²) in [7, 11) is 0. The Morgan fingerprint density at radius 1 is 1.07 bits per heavy atom. The Balaban J connectivity index is 1.12. The van der Waals surface area contributed by atoms with Crippen LogP contribution in [-0.4, -0.2) is 43.0 Å². The SMILES string of the molecule is O=C(CCNC(=O)C12CC3CC(CC(C3)C1)C2)N1CCOC(c2ccc(Br)cc2)C1. The number of carbonyl (C=O) groups is 2. The first kappa shape index (κ1) is 20.5. The Bertz CT molecular complexity index is 774. The van der Waals surface area contributed by atoms with Crippen molar-refractivity contribution >= 4 is 27.7 Å². The molecule has 1 heterocycles. The summed E-state index contributed by atoms with van der Waals surface area (Å²) >= 11 is 3.45. The summed E-state index contributed by atoms with van der Waals surface area (Å²) in [5, 5.41) is 3.14. The number of hydrogen-bond donors (Lipinski definition) is 1. The molecule has 1 aromatic rings. The fourth-order valence-corrected chi connectivity index (χ4v) is 7.04. The molecule has 2 amide bonds. The minimum Gasteiger partial charge on any atom is -0.370 e. The number of rotatable bonds is 5. The lowest BCUT2D eigenvalue weighted by atomic mass is 9.49. The zero-order valence-electron chi connectivity index (χ0n) is 17.4. The minimum atomic E-state index is -0.135. The Labute approximate surface area is 187 Å². The Morgan fingerprint density at radius 3 is 2.33 bits per heavy atom. The van der Waals surface area contributed by atoms with Gasteiger partial charge in [-0.05, 0) is 74.0 Å². The fourth-order valence-electron chi connectivity index (χ4n) is 6.77. The summed E-state index contributed by atoms with van der Waals surface area (Å²) in [4.78, 5) is 27.7. The summed E-state index contributed by atoms with van der Waals surface area (Å²) in [5.74, 6) is 2.59. The van der Waals surface area contributed by atoms with Crippen LogP contribution in [-0.2, 0) is 14.3 Å². The summed E-state index contributed by atoms with van der Waals surface area (Å²) in [6, 6.07) is 8.07. The maximum Gasteiger partial charge on any atom is 0.226 e. The van der Waals surface area contributed by atoms with Gasteiger partial charge in [0, 0.05) is 29.4 Å². The van der Waals surface area contributed by atoms with Crippen molar-refractivity contribution < 1.29 is 14.3 Å². The lowest BCUT2D eigenvalue weighted by Crippen LogP contribution is -2.54. The highest BCUT2D eigenvalue weighted by molar-refractivity contribution is 9.10. The zero-order valence-corrected chi connectivity index (χ0v) is 19.0. The van der Waals surface area contributed by atoms with E-state index < -0.39 is 0 Å². The molecule has 1 unspecified atom stereocenters. The van der Waals surface area contributed by atoms with Gasteiger partial charge in [-0.1, -0.05) is 28.1 Å². The average Bonchev–Trinajstić information content (AvgIpc) is 2.73. The molecule has 4 bridgehead atoms. The van der Waals surface area contributed by atoms with Gasteiger partial charge >= 0.3 is 0 Å². The van der Waals surface area contributed by atoms with Crippen molar-refractivity contribution in [3.63, 3.8) is 0 Å². The standard InChI is InChI=1S/C24H31BrN2O3/c25-20-3-1-19(2-4-20)21-15-27(7-8-30-21)22(28)5-6-26-23(29)24-12-16-9-17(13-24)11-18(10-16)14-24/h1-4,16-18,21H,5-15H2,(H,26,29). The first-order valence-electron chi connectivity index (χ1n) is 11.4. The van der Waals surface area contributed by atoms with Crippen molar-refractivity contribution in [1.29, 1.82) is 0 Å². The van der Waals surface area contributed by atoms with Gasteiger partial charge in [-0.15, -0.1) is 0 Å². The third kappa shape index (κ3) is 4.05. The second-order valence-electron chi connectivity index (χ2n) is 9.95. The van der Waals surface area contributed by atoms with Crippen molar-refractivity contribution in [3.8, 4) is 0 Å². The Hall–Kier alpha value is -1.40. The molecule has 5 aliphatic rings. The first-order chi connectivity index (χ1) is 14.5. The van der Waals surface area contributed by atoms with Crippen LogP contribution in [0.15, 0.2) is 28.7 Å². The number of hydrogen-bond acceptors (Lipinski definition) is 3. The van der Waals surface area contributed by atoms with Crippen molar-refractivity contribution in [1.82, 2.24) is 10.2 Å². The van der Waals surface area contributed by atoms with Crippen LogP contribution in [0.3, 0.4) is 0 Å². The molecule has 1 N–H and O–H groups in total. The topological polar surface area (TPSA) is 58.6 Å². The number of carbonyl (C=O) groups excluding carboxylic acids is 2. The predicted molar refractivity (Wildman–Crippen MR) is 118 cm³/mol. The normalized spacial score (nSPS) is 34.8. The van der Waals surface area contributed by atoms with Gasteiger partial charge in [0.2, 0.25) is 11.8 Å². The molecule has 0 aromatic heterocycles. The summed E-state index contributed by atoms with van der Waals surface area (Å²) in [5.41, 5.74) is 0.953. The van der Waals surface area contributed by atoms with E-state index in [0.717, 1.165) is 47.1 Å². The number of halogens is 1. The number of amides is 2. The number of ether oxygens (including phenoxy) is 1. The maximum absolute atomic E-state index is 13.1. The molecular weight excluding hydrogens is 444 g/mol. The molecule has 162 valence electrons. The number of nitrogens with zero attached hydrogens (tertiary/aromatic N) is 1. The number of morpholine rings is 1. The van der Waals surface area contributed by atoms with E-state index in [-0.39, 0.29) is 23.3 Å². The monoisotopic (exact) mass is 474 g/mol. The Morgan fingerprint density at radius 2 is 1.70 bits per heavy atom. The molecule has 6 rings (SSSR count). The highest BCUT2D eigenvalue weighted by atomic mass is 79.9. The van der Waals surface area contributed by atoms with Gasteiger partial charge in [0.1, 0.15) is 6.10 Å². The third-order valence-electron chi connectivity index (χ3n) is 7.81. The molecule has 1 aliphatic heterocycles. The summed E-state index contributed by atoms with van der Waals surface area (Å²) < 4.78 is 6.92. The largest absolute Gasteiger partial charge is 0.370 e. The second kappa shape index (κ2) is 8.27. The lowest BCUT2D eigenvalue weighted by molar-refractivity contribution is -0.146. The summed E-state index contributed by atoms with van der Waals surface area (Å²) in [6.45, 7) is 2.18. The minimum absolute atomic E-state index is 0.0857. The van der Waals surface area contributed by atoms with E-state index in [1.807, 2.05) is 29.2 Å². The predicted octanol–water partition coefficient (Wildman–Crippen LogP) is 4.07. The van der Waals surface area contributed by atoms with E-state index in [2.05, 4.69) is 21.2 Å². The van der Waals surface area contributed by atoms with Crippen LogP contribution in [0.5, 0.6) is 0 Å². The van der Waals surface area contributed by atoms with Gasteiger partial charge in [0.15, 0.2) is 0 Å². The highest BCUT2D eigenvalue weighted by Crippen LogP contribution is 2.60. The molecule has 1 atom stereocenters. The van der Waals surface area contributed by atoms with Gasteiger partial charge in [-0.3, -0.25) is 9.59 Å². The molecule has 6 heteroatoms. The third-order valence-corrected chi connectivity index (χ3v) is 8.33. The highest BCUT2D eigenvalue weighted by Gasteiger charge is 2.54. The number of benzene rings is 1. The van der Waals surface area contributed by atoms with Gasteiger partial charge in [0.05, 0.1) is 13.2 Å². The smallest absolute Gasteiger partial charge is 0.226 e. The molecule has 4 saturated carbocycles. The molecule has 0 spiro atoms.